The van der Waals surface area contributed by atoms with Crippen LogP contribution in [0, 0.1) is 6.92 Å². The first-order chi connectivity index (χ1) is 11.6. The molecule has 0 aliphatic heterocycles. The van der Waals surface area contributed by atoms with E-state index in [2.05, 4.69) is 10.5 Å². The molecule has 2 heterocycles. The molecule has 0 fully saturated rings. The Morgan fingerprint density at radius 2 is 2.17 bits per heavy atom. The summed E-state index contributed by atoms with van der Waals surface area (Å²) >= 11 is 5.92. The number of hydrogen-bond donors (Lipinski definition) is 1. The Balaban J connectivity index is 1.49. The van der Waals surface area contributed by atoms with Crippen molar-refractivity contribution in [2.75, 3.05) is 11.9 Å². The van der Waals surface area contributed by atoms with Gasteiger partial charge >= 0.3 is 0 Å². The van der Waals surface area contributed by atoms with Gasteiger partial charge in [0, 0.05) is 16.8 Å². The molecule has 7 heteroatoms. The molecule has 6 nitrogen and oxygen atoms in total. The minimum atomic E-state index is -0.268. The Kier molecular flexibility index (Phi) is 4.98. The van der Waals surface area contributed by atoms with Crippen LogP contribution in [0.25, 0.3) is 11.5 Å². The average molecular weight is 347 g/mol. The minimum Gasteiger partial charge on any atom is -0.461 e. The number of hydrogen-bond acceptors (Lipinski definition) is 5. The number of furan rings is 1. The Labute approximate surface area is 143 Å². The summed E-state index contributed by atoms with van der Waals surface area (Å²) in [5.41, 5.74) is 2.16. The molecule has 0 saturated heterocycles. The van der Waals surface area contributed by atoms with E-state index in [1.165, 1.54) is 0 Å². The molecule has 0 atom stereocenters. The Morgan fingerprint density at radius 1 is 1.29 bits per heavy atom. The van der Waals surface area contributed by atoms with Crippen molar-refractivity contribution in [1.82, 2.24) is 5.16 Å². The second kappa shape index (κ2) is 7.33. The zero-order valence-electron chi connectivity index (χ0n) is 12.9. The van der Waals surface area contributed by atoms with E-state index in [-0.39, 0.29) is 19.1 Å². The van der Waals surface area contributed by atoms with Crippen molar-refractivity contribution in [3.8, 4) is 11.5 Å². The van der Waals surface area contributed by atoms with Crippen LogP contribution in [0.2, 0.25) is 5.02 Å². The molecular formula is C17H15ClN2O4. The lowest BCUT2D eigenvalue weighted by atomic mass is 10.2. The Morgan fingerprint density at radius 3 is 2.96 bits per heavy atom. The summed E-state index contributed by atoms with van der Waals surface area (Å²) < 4.78 is 15.7. The number of nitrogens with zero attached hydrogens (tertiary/aromatic N) is 1. The number of ether oxygens (including phenoxy) is 1. The summed E-state index contributed by atoms with van der Waals surface area (Å²) in [5.74, 6) is 0.829. The van der Waals surface area contributed by atoms with Crippen LogP contribution < -0.4 is 5.32 Å². The van der Waals surface area contributed by atoms with Crippen molar-refractivity contribution in [2.24, 2.45) is 0 Å². The summed E-state index contributed by atoms with van der Waals surface area (Å²) in [6.45, 7) is 1.94. The fraction of sp³-hybridized carbons (Fsp3) is 0.176. The van der Waals surface area contributed by atoms with E-state index in [0.29, 0.717) is 27.9 Å². The number of benzene rings is 1. The number of halogens is 1. The van der Waals surface area contributed by atoms with Gasteiger partial charge in [-0.3, -0.25) is 4.79 Å². The number of rotatable bonds is 6. The van der Waals surface area contributed by atoms with Crippen molar-refractivity contribution >= 4 is 23.2 Å². The number of amides is 1. The highest BCUT2D eigenvalue weighted by molar-refractivity contribution is 6.31. The van der Waals surface area contributed by atoms with Gasteiger partial charge in [-0.05, 0) is 36.8 Å². The SMILES string of the molecule is Cc1ccc(Cl)cc1NC(=O)COCc1cc(-c2ccco2)on1. The van der Waals surface area contributed by atoms with E-state index >= 15 is 0 Å². The molecule has 0 spiro atoms. The second-order valence-electron chi connectivity index (χ2n) is 5.16. The highest BCUT2D eigenvalue weighted by Gasteiger charge is 2.10. The molecule has 1 aromatic carbocycles. The quantitative estimate of drug-likeness (QED) is 0.728. The number of anilines is 1. The van der Waals surface area contributed by atoms with E-state index < -0.39 is 0 Å². The van der Waals surface area contributed by atoms with Crippen LogP contribution in [0.15, 0.2) is 51.6 Å². The van der Waals surface area contributed by atoms with Gasteiger partial charge in [0.25, 0.3) is 0 Å². The predicted molar refractivity (Wildman–Crippen MR) is 88.7 cm³/mol. The molecule has 124 valence electrons. The third-order valence-corrected chi connectivity index (χ3v) is 3.51. The second-order valence-corrected chi connectivity index (χ2v) is 5.60. The van der Waals surface area contributed by atoms with Crippen LogP contribution >= 0.6 is 11.6 Å². The van der Waals surface area contributed by atoms with Crippen molar-refractivity contribution < 1.29 is 18.5 Å². The molecular weight excluding hydrogens is 332 g/mol. The van der Waals surface area contributed by atoms with Crippen molar-refractivity contribution in [3.63, 3.8) is 0 Å². The average Bonchev–Trinajstić information content (AvgIpc) is 3.22. The van der Waals surface area contributed by atoms with Crippen LogP contribution in [0.4, 0.5) is 5.69 Å². The fourth-order valence-electron chi connectivity index (χ4n) is 2.08. The number of carbonyl (C=O) groups is 1. The van der Waals surface area contributed by atoms with Crippen LogP contribution in [0.1, 0.15) is 11.3 Å². The Hall–Kier alpha value is -2.57. The van der Waals surface area contributed by atoms with Gasteiger partial charge in [0.2, 0.25) is 11.7 Å². The third-order valence-electron chi connectivity index (χ3n) is 3.28. The molecule has 0 radical (unpaired) electrons. The molecule has 3 aromatic rings. The fourth-order valence-corrected chi connectivity index (χ4v) is 2.25. The first kappa shape index (κ1) is 16.3. The number of aromatic nitrogens is 1. The maximum Gasteiger partial charge on any atom is 0.250 e. The van der Waals surface area contributed by atoms with Gasteiger partial charge in [0.05, 0.1) is 12.9 Å². The third kappa shape index (κ3) is 4.04. The molecule has 1 amide bonds. The minimum absolute atomic E-state index is 0.102. The van der Waals surface area contributed by atoms with Crippen LogP contribution in [0.5, 0.6) is 0 Å². The van der Waals surface area contributed by atoms with Gasteiger partial charge in [-0.15, -0.1) is 0 Å². The van der Waals surface area contributed by atoms with Crippen molar-refractivity contribution in [1.29, 1.82) is 0 Å². The summed E-state index contributed by atoms with van der Waals surface area (Å²) in [6.07, 6.45) is 1.55. The smallest absolute Gasteiger partial charge is 0.250 e. The lowest BCUT2D eigenvalue weighted by Gasteiger charge is -2.08. The molecule has 0 unspecified atom stereocenters. The molecule has 0 aliphatic carbocycles. The van der Waals surface area contributed by atoms with E-state index in [0.717, 1.165) is 5.56 Å². The molecule has 0 saturated carbocycles. The van der Waals surface area contributed by atoms with Gasteiger partial charge in [0.1, 0.15) is 12.3 Å². The van der Waals surface area contributed by atoms with Crippen molar-refractivity contribution in [2.45, 2.75) is 13.5 Å². The molecule has 3 rings (SSSR count). The number of aryl methyl sites for hydroxylation is 1. The highest BCUT2D eigenvalue weighted by Crippen LogP contribution is 2.21. The first-order valence-electron chi connectivity index (χ1n) is 7.25. The van der Waals surface area contributed by atoms with Gasteiger partial charge in [0.15, 0.2) is 5.76 Å². The molecule has 0 aliphatic rings. The van der Waals surface area contributed by atoms with Gasteiger partial charge in [-0.25, -0.2) is 0 Å². The monoisotopic (exact) mass is 346 g/mol. The highest BCUT2D eigenvalue weighted by atomic mass is 35.5. The van der Waals surface area contributed by atoms with Gasteiger partial charge in [-0.2, -0.15) is 0 Å². The molecule has 1 N–H and O–H groups in total. The summed E-state index contributed by atoms with van der Waals surface area (Å²) in [4.78, 5) is 11.9. The summed E-state index contributed by atoms with van der Waals surface area (Å²) in [6, 6.07) is 10.5. The lowest BCUT2D eigenvalue weighted by Crippen LogP contribution is -2.18. The van der Waals surface area contributed by atoms with Gasteiger partial charge in [-0.1, -0.05) is 22.8 Å². The van der Waals surface area contributed by atoms with Crippen LogP contribution in [0.3, 0.4) is 0 Å². The lowest BCUT2D eigenvalue weighted by molar-refractivity contribution is -0.121. The van der Waals surface area contributed by atoms with Crippen molar-refractivity contribution in [3.05, 3.63) is 58.9 Å². The largest absolute Gasteiger partial charge is 0.461 e. The van der Waals surface area contributed by atoms with E-state index in [9.17, 15) is 4.79 Å². The summed E-state index contributed by atoms with van der Waals surface area (Å²) in [7, 11) is 0. The van der Waals surface area contributed by atoms with Crippen LogP contribution in [-0.2, 0) is 16.1 Å². The summed E-state index contributed by atoms with van der Waals surface area (Å²) in [5, 5.41) is 7.19. The van der Waals surface area contributed by atoms with Gasteiger partial charge < -0.3 is 19.0 Å². The zero-order chi connectivity index (χ0) is 16.9. The maximum absolute atomic E-state index is 11.9. The maximum atomic E-state index is 11.9. The molecule has 24 heavy (non-hydrogen) atoms. The van der Waals surface area contributed by atoms with E-state index in [4.69, 9.17) is 25.3 Å². The molecule has 0 bridgehead atoms. The van der Waals surface area contributed by atoms with Crippen LogP contribution in [-0.4, -0.2) is 17.7 Å². The topological polar surface area (TPSA) is 77.5 Å². The van der Waals surface area contributed by atoms with E-state index in [1.807, 2.05) is 13.0 Å². The first-order valence-corrected chi connectivity index (χ1v) is 7.63. The predicted octanol–water partition coefficient (Wildman–Crippen LogP) is 4.05. The number of carbonyl (C=O) groups excluding carboxylic acids is 1. The molecule has 2 aromatic heterocycles. The standard InChI is InChI=1S/C17H15ClN2O4/c1-11-4-5-12(18)7-14(11)19-17(21)10-22-9-13-8-16(24-20-13)15-3-2-6-23-15/h2-8H,9-10H2,1H3,(H,19,21). The van der Waals surface area contributed by atoms with E-state index in [1.54, 1.807) is 36.6 Å². The number of nitrogens with one attached hydrogen (secondary N) is 1. The Bertz CT molecular complexity index is 827. The zero-order valence-corrected chi connectivity index (χ0v) is 13.7. The normalized spacial score (nSPS) is 10.8.